The molecule has 0 spiro atoms. The number of amides is 1. The second-order valence-electron chi connectivity index (χ2n) is 5.92. The third-order valence-electron chi connectivity index (χ3n) is 2.67. The lowest BCUT2D eigenvalue weighted by Crippen LogP contribution is -2.52. The minimum absolute atomic E-state index is 0.323. The minimum Gasteiger partial charge on any atom is -0.444 e. The molecule has 0 aliphatic carbocycles. The van der Waals surface area contributed by atoms with Crippen molar-refractivity contribution >= 4 is 6.09 Å². The zero-order chi connectivity index (χ0) is 13.4. The molecule has 1 aliphatic rings. The van der Waals surface area contributed by atoms with Crippen LogP contribution in [0.2, 0.25) is 0 Å². The zero-order valence-electron chi connectivity index (χ0n) is 11.5. The molecule has 1 fully saturated rings. The Morgan fingerprint density at radius 2 is 2.06 bits per heavy atom. The quantitative estimate of drug-likeness (QED) is 0.764. The molecule has 1 unspecified atom stereocenters. The van der Waals surface area contributed by atoms with Crippen molar-refractivity contribution in [2.45, 2.75) is 65.0 Å². The first-order valence-corrected chi connectivity index (χ1v) is 5.89. The van der Waals surface area contributed by atoms with Gasteiger partial charge in [0.15, 0.2) is 0 Å². The maximum atomic E-state index is 12.1. The smallest absolute Gasteiger partial charge is 0.412 e. The van der Waals surface area contributed by atoms with E-state index < -0.39 is 23.5 Å². The van der Waals surface area contributed by atoms with Crippen LogP contribution in [0.25, 0.3) is 0 Å². The van der Waals surface area contributed by atoms with Gasteiger partial charge >= 0.3 is 6.09 Å². The van der Waals surface area contributed by atoms with Crippen molar-refractivity contribution < 1.29 is 19.4 Å². The minimum atomic E-state index is -0.746. The molecule has 5 nitrogen and oxygen atoms in total. The Labute approximate surface area is 103 Å². The van der Waals surface area contributed by atoms with Crippen molar-refractivity contribution in [3.05, 3.63) is 0 Å². The van der Waals surface area contributed by atoms with E-state index in [1.54, 1.807) is 20.8 Å². The van der Waals surface area contributed by atoms with Crippen LogP contribution in [0.3, 0.4) is 0 Å². The predicted octanol–water partition coefficient (Wildman–Crippen LogP) is 1.74. The third-order valence-corrected chi connectivity index (χ3v) is 2.67. The third kappa shape index (κ3) is 3.33. The molecule has 1 amide bonds. The number of carbonyl (C=O) groups is 1. The van der Waals surface area contributed by atoms with Gasteiger partial charge in [-0.15, -0.1) is 0 Å². The summed E-state index contributed by atoms with van der Waals surface area (Å²) in [6.45, 7) is 11.0. The lowest BCUT2D eigenvalue weighted by Gasteiger charge is -2.35. The van der Waals surface area contributed by atoms with Crippen molar-refractivity contribution in [1.82, 2.24) is 4.90 Å². The van der Waals surface area contributed by atoms with Gasteiger partial charge in [0.2, 0.25) is 0 Å². The van der Waals surface area contributed by atoms with Crippen molar-refractivity contribution in [2.75, 3.05) is 6.61 Å². The molecule has 100 valence electrons. The van der Waals surface area contributed by atoms with Gasteiger partial charge in [-0.2, -0.15) is 0 Å². The van der Waals surface area contributed by atoms with E-state index in [9.17, 15) is 9.90 Å². The lowest BCUT2D eigenvalue weighted by molar-refractivity contribution is -0.0670. The van der Waals surface area contributed by atoms with Gasteiger partial charge in [0.05, 0.1) is 18.8 Å². The first-order chi connectivity index (χ1) is 7.54. The Balaban J connectivity index is 2.87. The molecule has 1 heterocycles. The summed E-state index contributed by atoms with van der Waals surface area (Å²) in [5, 5.41) is 9.67. The summed E-state index contributed by atoms with van der Waals surface area (Å²) < 4.78 is 10.9. The zero-order valence-corrected chi connectivity index (χ0v) is 11.5. The van der Waals surface area contributed by atoms with E-state index in [2.05, 4.69) is 0 Å². The average molecular weight is 245 g/mol. The molecule has 0 aromatic heterocycles. The largest absolute Gasteiger partial charge is 0.444 e. The van der Waals surface area contributed by atoms with Gasteiger partial charge in [-0.1, -0.05) is 0 Å². The number of nitrogens with zero attached hydrogens (tertiary/aromatic N) is 1. The van der Waals surface area contributed by atoms with Crippen LogP contribution >= 0.6 is 0 Å². The van der Waals surface area contributed by atoms with Gasteiger partial charge < -0.3 is 14.6 Å². The standard InChI is InChI=1S/C12H23NO4/c1-8(14)9-7-16-12(5,6)13(9)10(15)17-11(2,3)4/h8-9,14H,7H2,1-6H3/t8?,9-/m0/s1. The van der Waals surface area contributed by atoms with E-state index in [4.69, 9.17) is 9.47 Å². The number of hydrogen-bond acceptors (Lipinski definition) is 4. The van der Waals surface area contributed by atoms with Gasteiger partial charge in [-0.3, -0.25) is 4.90 Å². The molecule has 1 N–H and O–H groups in total. The number of aliphatic hydroxyl groups is 1. The number of rotatable bonds is 1. The van der Waals surface area contributed by atoms with E-state index in [0.717, 1.165) is 0 Å². The van der Waals surface area contributed by atoms with Crippen LogP contribution in [-0.2, 0) is 9.47 Å². The normalized spacial score (nSPS) is 25.8. The fourth-order valence-corrected chi connectivity index (χ4v) is 1.85. The maximum Gasteiger partial charge on any atom is 0.412 e. The number of aliphatic hydroxyl groups excluding tert-OH is 1. The fraction of sp³-hybridized carbons (Fsp3) is 0.917. The van der Waals surface area contributed by atoms with E-state index in [-0.39, 0.29) is 6.04 Å². The Morgan fingerprint density at radius 3 is 2.47 bits per heavy atom. The highest BCUT2D eigenvalue weighted by molar-refractivity contribution is 5.69. The van der Waals surface area contributed by atoms with E-state index in [0.29, 0.717) is 6.61 Å². The molecule has 1 rings (SSSR count). The van der Waals surface area contributed by atoms with Crippen molar-refractivity contribution in [2.24, 2.45) is 0 Å². The summed E-state index contributed by atoms with van der Waals surface area (Å²) >= 11 is 0. The van der Waals surface area contributed by atoms with Gasteiger partial charge in [0.25, 0.3) is 0 Å². The van der Waals surface area contributed by atoms with Gasteiger partial charge in [-0.25, -0.2) is 4.79 Å². The molecule has 0 saturated carbocycles. The Morgan fingerprint density at radius 1 is 1.53 bits per heavy atom. The number of hydrogen-bond donors (Lipinski definition) is 1. The summed E-state index contributed by atoms with van der Waals surface area (Å²) in [6.07, 6.45) is -1.10. The lowest BCUT2D eigenvalue weighted by atomic mass is 10.1. The number of ether oxygens (including phenoxy) is 2. The highest BCUT2D eigenvalue weighted by Gasteiger charge is 2.47. The highest BCUT2D eigenvalue weighted by Crippen LogP contribution is 2.30. The van der Waals surface area contributed by atoms with Crippen LogP contribution in [0, 0.1) is 0 Å². The summed E-state index contributed by atoms with van der Waals surface area (Å²) in [4.78, 5) is 13.6. The van der Waals surface area contributed by atoms with E-state index >= 15 is 0 Å². The van der Waals surface area contributed by atoms with Crippen LogP contribution < -0.4 is 0 Å². The molecule has 5 heteroatoms. The molecule has 0 aromatic carbocycles. The second-order valence-corrected chi connectivity index (χ2v) is 5.92. The van der Waals surface area contributed by atoms with Gasteiger partial charge in [-0.05, 0) is 41.5 Å². The van der Waals surface area contributed by atoms with Gasteiger partial charge in [0, 0.05) is 0 Å². The van der Waals surface area contributed by atoms with Gasteiger partial charge in [0.1, 0.15) is 11.3 Å². The van der Waals surface area contributed by atoms with E-state index in [1.165, 1.54) is 4.90 Å². The Kier molecular flexibility index (Phi) is 3.74. The summed E-state index contributed by atoms with van der Waals surface area (Å²) in [6, 6.07) is -0.361. The topological polar surface area (TPSA) is 59.0 Å². The molecular weight excluding hydrogens is 222 g/mol. The van der Waals surface area contributed by atoms with Crippen molar-refractivity contribution in [3.63, 3.8) is 0 Å². The predicted molar refractivity (Wildman–Crippen MR) is 63.6 cm³/mol. The molecular formula is C12H23NO4. The maximum absolute atomic E-state index is 12.1. The average Bonchev–Trinajstić information content (AvgIpc) is 2.37. The van der Waals surface area contributed by atoms with E-state index in [1.807, 2.05) is 20.8 Å². The first kappa shape index (κ1) is 14.3. The molecule has 1 saturated heterocycles. The van der Waals surface area contributed by atoms with Crippen LogP contribution in [0.1, 0.15) is 41.5 Å². The monoisotopic (exact) mass is 245 g/mol. The van der Waals surface area contributed by atoms with Crippen LogP contribution in [0.15, 0.2) is 0 Å². The molecule has 17 heavy (non-hydrogen) atoms. The molecule has 0 aromatic rings. The van der Waals surface area contributed by atoms with Crippen LogP contribution in [0.4, 0.5) is 4.79 Å². The summed E-state index contributed by atoms with van der Waals surface area (Å²) in [5.41, 5.74) is -1.30. The van der Waals surface area contributed by atoms with Crippen molar-refractivity contribution in [1.29, 1.82) is 0 Å². The molecule has 1 aliphatic heterocycles. The van der Waals surface area contributed by atoms with Crippen LogP contribution in [0.5, 0.6) is 0 Å². The molecule has 0 radical (unpaired) electrons. The Hall–Kier alpha value is -0.810. The second kappa shape index (κ2) is 4.46. The fourth-order valence-electron chi connectivity index (χ4n) is 1.85. The first-order valence-electron chi connectivity index (χ1n) is 5.89. The highest BCUT2D eigenvalue weighted by atomic mass is 16.6. The summed E-state index contributed by atoms with van der Waals surface area (Å²) in [7, 11) is 0. The Bertz CT molecular complexity index is 293. The number of carbonyl (C=O) groups excluding carboxylic acids is 1. The summed E-state index contributed by atoms with van der Waals surface area (Å²) in [5.74, 6) is 0. The SMILES string of the molecule is CC(O)[C@@H]1COC(C)(C)N1C(=O)OC(C)(C)C. The van der Waals surface area contributed by atoms with Crippen molar-refractivity contribution in [3.8, 4) is 0 Å². The molecule has 2 atom stereocenters. The van der Waals surface area contributed by atoms with Crippen LogP contribution in [-0.4, -0.2) is 46.2 Å². The molecule has 0 bridgehead atoms.